The van der Waals surface area contributed by atoms with E-state index in [-0.39, 0.29) is 24.0 Å². The van der Waals surface area contributed by atoms with E-state index in [1.165, 1.54) is 11.3 Å². The summed E-state index contributed by atoms with van der Waals surface area (Å²) in [5, 5.41) is 3.58. The van der Waals surface area contributed by atoms with Crippen molar-refractivity contribution in [3.63, 3.8) is 0 Å². The van der Waals surface area contributed by atoms with Gasteiger partial charge in [0.15, 0.2) is 0 Å². The van der Waals surface area contributed by atoms with Crippen LogP contribution in [-0.2, 0) is 9.47 Å². The van der Waals surface area contributed by atoms with Gasteiger partial charge in [-0.1, -0.05) is 23.7 Å². The summed E-state index contributed by atoms with van der Waals surface area (Å²) in [6, 6.07) is 8.03. The van der Waals surface area contributed by atoms with Gasteiger partial charge in [0.2, 0.25) is 0 Å². The van der Waals surface area contributed by atoms with Crippen molar-refractivity contribution < 1.29 is 23.9 Å². The molecular weight excluding hydrogens is 562 g/mol. The van der Waals surface area contributed by atoms with E-state index in [1.54, 1.807) is 9.80 Å². The second-order valence-electron chi connectivity index (χ2n) is 13.0. The number of thiophene rings is 1. The molecule has 4 rings (SSSR count). The third-order valence-corrected chi connectivity index (χ3v) is 8.78. The maximum atomic E-state index is 13.4. The monoisotopic (exact) mass is 603 g/mol. The molecule has 41 heavy (non-hydrogen) atoms. The summed E-state index contributed by atoms with van der Waals surface area (Å²) in [6.45, 7) is 15.4. The van der Waals surface area contributed by atoms with Gasteiger partial charge in [0.25, 0.3) is 5.91 Å². The van der Waals surface area contributed by atoms with E-state index >= 15 is 0 Å². The number of likely N-dealkylation sites (tertiary alicyclic amines) is 2. The average Bonchev–Trinajstić information content (AvgIpc) is 3.48. The van der Waals surface area contributed by atoms with Gasteiger partial charge >= 0.3 is 12.2 Å². The number of halogens is 1. The number of alkyl carbamates (subject to hydrolysis) is 1. The highest BCUT2D eigenvalue weighted by atomic mass is 35.5. The Hall–Kier alpha value is -2.78. The normalized spacial score (nSPS) is 18.4. The molecule has 0 bridgehead atoms. The SMILES string of the molecule is Cc1cc(-c2ccc(C3CCN(C(=O)OC(C)(C)C)CC3)c(Cl)c2)sc1C(=O)N1CC[C@H](NC(=O)OC(C)(C)C)C1. The quantitative estimate of drug-likeness (QED) is 0.398. The fraction of sp³-hybridized carbons (Fsp3) is 0.581. The Morgan fingerprint density at radius 3 is 2.17 bits per heavy atom. The number of aryl methyl sites for hydroxylation is 1. The number of benzene rings is 1. The number of hydrogen-bond donors (Lipinski definition) is 1. The van der Waals surface area contributed by atoms with Crippen molar-refractivity contribution in [2.24, 2.45) is 0 Å². The number of amides is 3. The van der Waals surface area contributed by atoms with E-state index in [2.05, 4.69) is 17.4 Å². The molecule has 2 aliphatic heterocycles. The molecule has 1 aromatic heterocycles. The Bertz CT molecular complexity index is 1290. The minimum atomic E-state index is -0.566. The smallest absolute Gasteiger partial charge is 0.410 e. The predicted octanol–water partition coefficient (Wildman–Crippen LogP) is 7.23. The van der Waals surface area contributed by atoms with Gasteiger partial charge in [0, 0.05) is 36.1 Å². The molecule has 2 aromatic rings. The summed E-state index contributed by atoms with van der Waals surface area (Å²) >= 11 is 8.26. The molecule has 10 heteroatoms. The number of nitrogens with one attached hydrogen (secondary N) is 1. The van der Waals surface area contributed by atoms with Crippen LogP contribution in [0.2, 0.25) is 5.02 Å². The molecule has 0 unspecified atom stereocenters. The lowest BCUT2D eigenvalue weighted by atomic mass is 9.89. The van der Waals surface area contributed by atoms with Gasteiger partial charge in [-0.3, -0.25) is 4.79 Å². The van der Waals surface area contributed by atoms with Crippen molar-refractivity contribution in [3.8, 4) is 10.4 Å². The molecular formula is C31H42ClN3O5S. The zero-order valence-corrected chi connectivity index (χ0v) is 26.7. The van der Waals surface area contributed by atoms with Gasteiger partial charge in [-0.15, -0.1) is 11.3 Å². The van der Waals surface area contributed by atoms with Crippen LogP contribution >= 0.6 is 22.9 Å². The lowest BCUT2D eigenvalue weighted by Crippen LogP contribution is -2.41. The van der Waals surface area contributed by atoms with Gasteiger partial charge in [0.1, 0.15) is 11.2 Å². The molecule has 2 aliphatic rings. The third-order valence-electron chi connectivity index (χ3n) is 7.18. The first-order valence-electron chi connectivity index (χ1n) is 14.3. The number of carbonyl (C=O) groups is 3. The topological polar surface area (TPSA) is 88.2 Å². The maximum Gasteiger partial charge on any atom is 0.410 e. The molecule has 1 atom stereocenters. The highest BCUT2D eigenvalue weighted by molar-refractivity contribution is 7.17. The number of nitrogens with zero attached hydrogens (tertiary/aromatic N) is 2. The van der Waals surface area contributed by atoms with Crippen LogP contribution in [0.1, 0.15) is 87.5 Å². The first-order valence-corrected chi connectivity index (χ1v) is 15.5. The number of ether oxygens (including phenoxy) is 2. The fourth-order valence-corrected chi connectivity index (χ4v) is 6.70. The van der Waals surface area contributed by atoms with Crippen molar-refractivity contribution in [1.29, 1.82) is 0 Å². The number of rotatable bonds is 4. The predicted molar refractivity (Wildman–Crippen MR) is 163 cm³/mol. The Morgan fingerprint density at radius 1 is 0.927 bits per heavy atom. The zero-order valence-electron chi connectivity index (χ0n) is 25.1. The maximum absolute atomic E-state index is 13.4. The molecule has 2 saturated heterocycles. The number of hydrogen-bond acceptors (Lipinski definition) is 6. The molecule has 2 fully saturated rings. The van der Waals surface area contributed by atoms with E-state index in [1.807, 2.05) is 60.6 Å². The summed E-state index contributed by atoms with van der Waals surface area (Å²) < 4.78 is 10.9. The summed E-state index contributed by atoms with van der Waals surface area (Å²) in [6.07, 6.45) is 1.62. The summed E-state index contributed by atoms with van der Waals surface area (Å²) in [4.78, 5) is 43.2. The van der Waals surface area contributed by atoms with E-state index in [9.17, 15) is 14.4 Å². The molecule has 8 nitrogen and oxygen atoms in total. The van der Waals surface area contributed by atoms with Crippen LogP contribution in [0.25, 0.3) is 10.4 Å². The second kappa shape index (κ2) is 12.2. The zero-order chi connectivity index (χ0) is 30.1. The van der Waals surface area contributed by atoms with Crippen molar-refractivity contribution in [3.05, 3.63) is 45.3 Å². The van der Waals surface area contributed by atoms with Crippen LogP contribution in [0.3, 0.4) is 0 Å². The fourth-order valence-electron chi connectivity index (χ4n) is 5.23. The Kier molecular flexibility index (Phi) is 9.29. The van der Waals surface area contributed by atoms with Crippen molar-refractivity contribution >= 4 is 41.0 Å². The minimum absolute atomic E-state index is 0.0216. The summed E-state index contributed by atoms with van der Waals surface area (Å²) in [5.41, 5.74) is 1.91. The lowest BCUT2D eigenvalue weighted by Gasteiger charge is -2.34. The van der Waals surface area contributed by atoms with Gasteiger partial charge < -0.3 is 24.6 Å². The van der Waals surface area contributed by atoms with Crippen LogP contribution in [0.15, 0.2) is 24.3 Å². The van der Waals surface area contributed by atoms with Crippen LogP contribution in [0.4, 0.5) is 9.59 Å². The van der Waals surface area contributed by atoms with Crippen LogP contribution in [0, 0.1) is 6.92 Å². The minimum Gasteiger partial charge on any atom is -0.444 e. The van der Waals surface area contributed by atoms with Gasteiger partial charge in [-0.05, 0) is 102 Å². The Morgan fingerprint density at radius 2 is 1.56 bits per heavy atom. The highest BCUT2D eigenvalue weighted by Gasteiger charge is 2.32. The molecule has 224 valence electrons. The summed E-state index contributed by atoms with van der Waals surface area (Å²) in [7, 11) is 0. The number of piperidine rings is 1. The van der Waals surface area contributed by atoms with Crippen LogP contribution in [0.5, 0.6) is 0 Å². The van der Waals surface area contributed by atoms with Crippen LogP contribution < -0.4 is 5.32 Å². The largest absolute Gasteiger partial charge is 0.444 e. The molecule has 0 saturated carbocycles. The second-order valence-corrected chi connectivity index (χ2v) is 14.4. The first kappa shape index (κ1) is 31.2. The Labute approximate surface area is 252 Å². The van der Waals surface area contributed by atoms with Gasteiger partial charge in [0.05, 0.1) is 10.9 Å². The Balaban J connectivity index is 1.37. The van der Waals surface area contributed by atoms with Gasteiger partial charge in [-0.25, -0.2) is 9.59 Å². The van der Waals surface area contributed by atoms with Crippen molar-refractivity contribution in [2.75, 3.05) is 26.2 Å². The van der Waals surface area contributed by atoms with E-state index in [4.69, 9.17) is 21.1 Å². The average molecular weight is 604 g/mol. The molecule has 3 amide bonds. The molecule has 1 aromatic carbocycles. The third kappa shape index (κ3) is 8.16. The van der Waals surface area contributed by atoms with Gasteiger partial charge in [-0.2, -0.15) is 0 Å². The van der Waals surface area contributed by atoms with Crippen molar-refractivity contribution in [2.45, 2.75) is 90.9 Å². The van der Waals surface area contributed by atoms with Crippen LogP contribution in [-0.4, -0.2) is 71.3 Å². The standard InChI is InChI=1S/C31H42ClN3O5S/c1-19-16-25(41-26(19)27(36)35-15-12-22(18-35)33-28(37)39-30(2,3)4)21-8-9-23(24(32)17-21)20-10-13-34(14-11-20)29(38)40-31(5,6)7/h8-9,16-17,20,22H,10-15,18H2,1-7H3,(H,33,37)/t22-/m0/s1. The molecule has 1 N–H and O–H groups in total. The lowest BCUT2D eigenvalue weighted by molar-refractivity contribution is 0.0204. The van der Waals surface area contributed by atoms with E-state index in [0.29, 0.717) is 42.5 Å². The molecule has 3 heterocycles. The summed E-state index contributed by atoms with van der Waals surface area (Å²) in [5.74, 6) is 0.251. The van der Waals surface area contributed by atoms with E-state index < -0.39 is 17.3 Å². The molecule has 0 radical (unpaired) electrons. The number of carbonyl (C=O) groups excluding carboxylic acids is 3. The molecule has 0 aliphatic carbocycles. The van der Waals surface area contributed by atoms with E-state index in [0.717, 1.165) is 34.4 Å². The molecule has 0 spiro atoms. The highest BCUT2D eigenvalue weighted by Crippen LogP contribution is 2.38. The first-order chi connectivity index (χ1) is 19.1. The van der Waals surface area contributed by atoms with Crippen molar-refractivity contribution in [1.82, 2.24) is 15.1 Å².